The fourth-order valence-corrected chi connectivity index (χ4v) is 1.20. The predicted molar refractivity (Wildman–Crippen MR) is 51.2 cm³/mol. The van der Waals surface area contributed by atoms with Crippen LogP contribution in [0.25, 0.3) is 0 Å². The maximum absolute atomic E-state index is 11.1. The smallest absolute Gasteiger partial charge is 0.258 e. The quantitative estimate of drug-likeness (QED) is 0.561. The molecule has 80 valence electrons. The second-order valence-electron chi connectivity index (χ2n) is 2.87. The lowest BCUT2D eigenvalue weighted by Crippen LogP contribution is -2.27. The fraction of sp³-hybridized carbons (Fsp3) is 0. The van der Waals surface area contributed by atoms with Gasteiger partial charge in [-0.15, -0.1) is 0 Å². The first kappa shape index (κ1) is 9.90. The summed E-state index contributed by atoms with van der Waals surface area (Å²) in [6.45, 7) is 0. The van der Waals surface area contributed by atoms with Gasteiger partial charge in [-0.25, -0.2) is 14.5 Å². The van der Waals surface area contributed by atoms with E-state index in [0.29, 0.717) is 0 Å². The van der Waals surface area contributed by atoms with E-state index < -0.39 is 17.0 Å². The molecule has 16 heavy (non-hydrogen) atoms. The van der Waals surface area contributed by atoms with Crippen molar-refractivity contribution in [2.24, 2.45) is 10.2 Å². The van der Waals surface area contributed by atoms with Crippen LogP contribution in [0.2, 0.25) is 0 Å². The molecule has 0 spiro atoms. The van der Waals surface area contributed by atoms with E-state index in [1.54, 1.807) is 0 Å². The molecule has 0 aliphatic carbocycles. The molecule has 4 amide bonds. The van der Waals surface area contributed by atoms with Crippen LogP contribution in [0.15, 0.2) is 34.5 Å². The van der Waals surface area contributed by atoms with Gasteiger partial charge in [-0.1, -0.05) is 10.2 Å². The summed E-state index contributed by atoms with van der Waals surface area (Å²) < 4.78 is 0. The highest BCUT2D eigenvalue weighted by Gasteiger charge is 2.29. The van der Waals surface area contributed by atoms with Crippen molar-refractivity contribution >= 4 is 23.4 Å². The highest BCUT2D eigenvalue weighted by atomic mass is 16.6. The Morgan fingerprint density at radius 2 is 1.56 bits per heavy atom. The van der Waals surface area contributed by atoms with Crippen LogP contribution in [0, 0.1) is 10.1 Å². The number of hydrogen-bond acceptors (Lipinski definition) is 4. The Labute approximate surface area is 88.3 Å². The third kappa shape index (κ3) is 1.52. The number of urea groups is 2. The average molecular weight is 220 g/mol. The number of rotatable bonds is 2. The molecule has 1 heterocycles. The van der Waals surface area contributed by atoms with Gasteiger partial charge in [0.25, 0.3) is 5.69 Å². The van der Waals surface area contributed by atoms with E-state index in [1.165, 1.54) is 24.3 Å². The van der Waals surface area contributed by atoms with E-state index in [1.807, 2.05) is 0 Å². The van der Waals surface area contributed by atoms with Gasteiger partial charge in [-0.2, -0.15) is 0 Å². The summed E-state index contributed by atoms with van der Waals surface area (Å²) in [7, 11) is 0. The van der Waals surface area contributed by atoms with E-state index in [4.69, 9.17) is 0 Å². The van der Waals surface area contributed by atoms with Crippen molar-refractivity contribution in [3.63, 3.8) is 0 Å². The minimum atomic E-state index is -0.807. The maximum atomic E-state index is 11.1. The first-order chi connectivity index (χ1) is 7.59. The van der Waals surface area contributed by atoms with Gasteiger partial charge in [0.1, 0.15) is 0 Å². The lowest BCUT2D eigenvalue weighted by Gasteiger charge is -2.09. The third-order valence-electron chi connectivity index (χ3n) is 1.92. The summed E-state index contributed by atoms with van der Waals surface area (Å²) in [6, 6.07) is 3.33. The maximum Gasteiger partial charge on any atom is 0.375 e. The van der Waals surface area contributed by atoms with E-state index >= 15 is 0 Å². The molecule has 0 unspecified atom stereocenters. The lowest BCUT2D eigenvalue weighted by atomic mass is 10.2. The molecule has 1 aliphatic rings. The van der Waals surface area contributed by atoms with Gasteiger partial charge < -0.3 is 0 Å². The first-order valence-corrected chi connectivity index (χ1v) is 4.14. The zero-order valence-corrected chi connectivity index (χ0v) is 7.73. The number of carbonyl (C=O) groups is 2. The first-order valence-electron chi connectivity index (χ1n) is 4.14. The summed E-state index contributed by atoms with van der Waals surface area (Å²) >= 11 is 0. The van der Waals surface area contributed by atoms with Gasteiger partial charge in [-0.05, 0) is 12.1 Å². The summed E-state index contributed by atoms with van der Waals surface area (Å²) in [5.41, 5.74) is 0.0716. The summed E-state index contributed by atoms with van der Waals surface area (Å²) in [5.74, 6) is 0. The van der Waals surface area contributed by atoms with Gasteiger partial charge in [0.15, 0.2) is 0 Å². The van der Waals surface area contributed by atoms with Gasteiger partial charge in [0, 0.05) is 12.1 Å². The van der Waals surface area contributed by atoms with Crippen LogP contribution in [0.3, 0.4) is 0 Å². The van der Waals surface area contributed by atoms with Crippen molar-refractivity contribution in [2.75, 3.05) is 4.90 Å². The van der Waals surface area contributed by atoms with Crippen molar-refractivity contribution in [1.82, 2.24) is 0 Å². The second-order valence-corrected chi connectivity index (χ2v) is 2.87. The molecule has 1 aromatic carbocycles. The number of nitro groups is 1. The van der Waals surface area contributed by atoms with Crippen molar-refractivity contribution in [3.05, 3.63) is 34.4 Å². The molecule has 8 heteroatoms. The number of non-ortho nitro benzene ring substituents is 1. The Bertz CT molecular complexity index is 489. The van der Waals surface area contributed by atoms with Crippen LogP contribution in [0.4, 0.5) is 21.0 Å². The SMILES string of the molecule is O=C1N=NC(=O)N1c1ccc([N+](=O)[O-])cc1. The number of carbonyl (C=O) groups excluding carboxylic acids is 2. The number of benzene rings is 1. The Kier molecular flexibility index (Phi) is 2.16. The molecular weight excluding hydrogens is 216 g/mol. The van der Waals surface area contributed by atoms with E-state index in [9.17, 15) is 19.7 Å². The molecule has 1 aliphatic heterocycles. The third-order valence-corrected chi connectivity index (χ3v) is 1.92. The number of hydrogen-bond donors (Lipinski definition) is 0. The monoisotopic (exact) mass is 220 g/mol. The highest BCUT2D eigenvalue weighted by Crippen LogP contribution is 2.23. The number of imide groups is 1. The number of amides is 4. The van der Waals surface area contributed by atoms with Crippen LogP contribution in [0.5, 0.6) is 0 Å². The van der Waals surface area contributed by atoms with Crippen molar-refractivity contribution in [2.45, 2.75) is 0 Å². The minimum Gasteiger partial charge on any atom is -0.258 e. The highest BCUT2D eigenvalue weighted by molar-refractivity contribution is 6.17. The number of azo groups is 1. The second kappa shape index (κ2) is 3.50. The van der Waals surface area contributed by atoms with Crippen molar-refractivity contribution in [1.29, 1.82) is 0 Å². The normalized spacial score (nSPS) is 14.6. The molecule has 0 bridgehead atoms. The molecule has 0 aromatic heterocycles. The minimum absolute atomic E-state index is 0.128. The summed E-state index contributed by atoms with van der Waals surface area (Å²) in [5, 5.41) is 16.5. The molecule has 1 aromatic rings. The Hall–Kier alpha value is -2.64. The molecule has 0 saturated carbocycles. The van der Waals surface area contributed by atoms with Crippen molar-refractivity contribution < 1.29 is 14.5 Å². The molecule has 0 saturated heterocycles. The van der Waals surface area contributed by atoms with Gasteiger partial charge in [0.2, 0.25) is 0 Å². The zero-order chi connectivity index (χ0) is 11.7. The number of nitrogens with zero attached hydrogens (tertiary/aromatic N) is 4. The van der Waals surface area contributed by atoms with E-state index in [-0.39, 0.29) is 11.4 Å². The Morgan fingerprint density at radius 3 is 2.00 bits per heavy atom. The van der Waals surface area contributed by atoms with Gasteiger partial charge in [0.05, 0.1) is 10.6 Å². The van der Waals surface area contributed by atoms with E-state index in [2.05, 4.69) is 10.2 Å². The van der Waals surface area contributed by atoms with Gasteiger partial charge >= 0.3 is 12.1 Å². The van der Waals surface area contributed by atoms with Crippen LogP contribution in [-0.4, -0.2) is 17.0 Å². The molecule has 2 rings (SSSR count). The Morgan fingerprint density at radius 1 is 1.06 bits per heavy atom. The number of anilines is 1. The Balaban J connectivity index is 2.32. The summed E-state index contributed by atoms with van der Waals surface area (Å²) in [6.07, 6.45) is 0. The molecule has 0 fully saturated rings. The molecule has 0 N–H and O–H groups in total. The number of nitro benzene ring substituents is 1. The van der Waals surface area contributed by atoms with Crippen molar-refractivity contribution in [3.8, 4) is 0 Å². The molecule has 8 nitrogen and oxygen atoms in total. The average Bonchev–Trinajstić information content (AvgIpc) is 2.59. The van der Waals surface area contributed by atoms with Crippen LogP contribution < -0.4 is 4.90 Å². The topological polar surface area (TPSA) is 105 Å². The molecular formula is C8H4N4O4. The lowest BCUT2D eigenvalue weighted by molar-refractivity contribution is -0.384. The fourth-order valence-electron chi connectivity index (χ4n) is 1.20. The summed E-state index contributed by atoms with van der Waals surface area (Å²) in [4.78, 5) is 32.8. The van der Waals surface area contributed by atoms with Crippen LogP contribution in [-0.2, 0) is 0 Å². The van der Waals surface area contributed by atoms with Crippen LogP contribution in [0.1, 0.15) is 0 Å². The zero-order valence-electron chi connectivity index (χ0n) is 7.73. The van der Waals surface area contributed by atoms with E-state index in [0.717, 1.165) is 4.90 Å². The molecule has 0 atom stereocenters. The van der Waals surface area contributed by atoms with Crippen LogP contribution >= 0.6 is 0 Å². The molecule has 0 radical (unpaired) electrons. The largest absolute Gasteiger partial charge is 0.375 e. The predicted octanol–water partition coefficient (Wildman–Crippen LogP) is 2.11. The standard InChI is InChI=1S/C8H4N4O4/c13-7-9-10-8(14)11(7)5-1-3-6(4-2-5)12(15)16/h1-4H. The van der Waals surface area contributed by atoms with Gasteiger partial charge in [-0.3, -0.25) is 10.1 Å².